The zero-order valence-electron chi connectivity index (χ0n) is 16.9. The van der Waals surface area contributed by atoms with Crippen molar-refractivity contribution in [3.8, 4) is 0 Å². The maximum atomic E-state index is 11.2. The number of anilines is 1. The molecule has 6 nitrogen and oxygen atoms in total. The van der Waals surface area contributed by atoms with Crippen molar-refractivity contribution in [3.05, 3.63) is 28.8 Å². The van der Waals surface area contributed by atoms with Crippen molar-refractivity contribution in [2.75, 3.05) is 57.4 Å². The molecule has 29 heavy (non-hydrogen) atoms. The molecule has 0 saturated carbocycles. The third-order valence-corrected chi connectivity index (χ3v) is 7.84. The van der Waals surface area contributed by atoms with Gasteiger partial charge in [-0.2, -0.15) is 0 Å². The van der Waals surface area contributed by atoms with Crippen LogP contribution in [-0.4, -0.2) is 73.5 Å². The second-order valence-electron chi connectivity index (χ2n) is 9.46. The highest BCUT2D eigenvalue weighted by Crippen LogP contribution is 2.43. The fourth-order valence-corrected chi connectivity index (χ4v) is 6.10. The molecule has 1 aromatic carbocycles. The summed E-state index contributed by atoms with van der Waals surface area (Å²) in [6, 6.07) is 6.33. The molecule has 0 aromatic heterocycles. The molecule has 0 bridgehead atoms. The first-order chi connectivity index (χ1) is 14.0. The summed E-state index contributed by atoms with van der Waals surface area (Å²) >= 11 is 6.39. The van der Waals surface area contributed by atoms with Gasteiger partial charge >= 0.3 is 6.09 Å². The number of ether oxygens (including phenoxy) is 1. The van der Waals surface area contributed by atoms with E-state index in [2.05, 4.69) is 21.9 Å². The normalized spacial score (nSPS) is 29.0. The van der Waals surface area contributed by atoms with E-state index in [1.54, 1.807) is 4.90 Å². The third kappa shape index (κ3) is 3.82. The summed E-state index contributed by atoms with van der Waals surface area (Å²) in [7, 11) is 0. The molecular formula is C22H30ClN3O3. The van der Waals surface area contributed by atoms with E-state index in [9.17, 15) is 9.90 Å². The quantitative estimate of drug-likeness (QED) is 0.813. The summed E-state index contributed by atoms with van der Waals surface area (Å²) in [5.41, 5.74) is 3.03. The molecule has 2 unspecified atom stereocenters. The second kappa shape index (κ2) is 7.64. The van der Waals surface area contributed by atoms with Gasteiger partial charge in [0.2, 0.25) is 0 Å². The van der Waals surface area contributed by atoms with Gasteiger partial charge in [-0.3, -0.25) is 4.90 Å². The van der Waals surface area contributed by atoms with Crippen molar-refractivity contribution < 1.29 is 14.6 Å². The summed E-state index contributed by atoms with van der Waals surface area (Å²) in [5, 5.41) is 10.0. The average Bonchev–Trinajstić information content (AvgIpc) is 3.37. The van der Waals surface area contributed by atoms with E-state index in [-0.39, 0.29) is 0 Å². The molecule has 158 valence electrons. The lowest BCUT2D eigenvalue weighted by Gasteiger charge is -2.34. The largest absolute Gasteiger partial charge is 0.465 e. The summed E-state index contributed by atoms with van der Waals surface area (Å²) in [6.07, 6.45) is 2.78. The Kier molecular flexibility index (Phi) is 5.13. The van der Waals surface area contributed by atoms with Crippen LogP contribution >= 0.6 is 11.6 Å². The van der Waals surface area contributed by atoms with E-state index >= 15 is 0 Å². The summed E-state index contributed by atoms with van der Waals surface area (Å²) < 4.78 is 5.60. The number of hydrogen-bond acceptors (Lipinski definition) is 4. The van der Waals surface area contributed by atoms with E-state index in [0.717, 1.165) is 63.8 Å². The molecule has 4 saturated heterocycles. The molecular weight excluding hydrogens is 390 g/mol. The minimum absolute atomic E-state index is 0.406. The van der Waals surface area contributed by atoms with Crippen LogP contribution in [0.5, 0.6) is 0 Å². The Bertz CT molecular complexity index is 769. The Balaban J connectivity index is 1.28. The molecule has 1 amide bonds. The van der Waals surface area contributed by atoms with Crippen LogP contribution in [0.3, 0.4) is 0 Å². The van der Waals surface area contributed by atoms with Crippen molar-refractivity contribution in [1.82, 2.24) is 9.80 Å². The Morgan fingerprint density at radius 1 is 1.14 bits per heavy atom. The fraction of sp³-hybridized carbons (Fsp3) is 0.682. The lowest BCUT2D eigenvalue weighted by molar-refractivity contribution is 0.0254. The number of fused-ring (bicyclic) bond motifs is 1. The number of rotatable bonds is 3. The zero-order chi connectivity index (χ0) is 20.0. The standard InChI is InChI=1S/C22H30ClN3O3/c23-19-2-1-16(10-24-11-17-13-26(21(27)28)14-18(17)12-24)20(9-19)25-6-3-22(15-25)4-7-29-8-5-22/h1-2,9,17-18H,3-8,10-15H2,(H,27,28). The van der Waals surface area contributed by atoms with Gasteiger partial charge in [0.25, 0.3) is 0 Å². The molecule has 1 aromatic rings. The van der Waals surface area contributed by atoms with Crippen molar-refractivity contribution in [1.29, 1.82) is 0 Å². The third-order valence-electron chi connectivity index (χ3n) is 7.61. The Hall–Kier alpha value is -1.50. The molecule has 1 N–H and O–H groups in total. The van der Waals surface area contributed by atoms with Gasteiger partial charge in [-0.05, 0) is 54.2 Å². The maximum Gasteiger partial charge on any atom is 0.407 e. The van der Waals surface area contributed by atoms with Gasteiger partial charge in [-0.25, -0.2) is 4.79 Å². The molecule has 5 rings (SSSR count). The topological polar surface area (TPSA) is 56.2 Å². The second-order valence-corrected chi connectivity index (χ2v) is 9.90. The predicted molar refractivity (Wildman–Crippen MR) is 113 cm³/mol. The lowest BCUT2D eigenvalue weighted by Crippen LogP contribution is -2.34. The minimum atomic E-state index is -0.776. The predicted octanol–water partition coefficient (Wildman–Crippen LogP) is 3.39. The Labute approximate surface area is 177 Å². The van der Waals surface area contributed by atoms with Crippen molar-refractivity contribution in [3.63, 3.8) is 0 Å². The highest BCUT2D eigenvalue weighted by atomic mass is 35.5. The zero-order valence-corrected chi connectivity index (χ0v) is 17.6. The molecule has 0 aliphatic carbocycles. The maximum absolute atomic E-state index is 11.2. The van der Waals surface area contributed by atoms with E-state index < -0.39 is 6.09 Å². The number of likely N-dealkylation sites (tertiary alicyclic amines) is 2. The lowest BCUT2D eigenvalue weighted by atomic mass is 9.80. The molecule has 4 aliphatic heterocycles. The average molecular weight is 420 g/mol. The van der Waals surface area contributed by atoms with Crippen LogP contribution < -0.4 is 4.90 Å². The highest BCUT2D eigenvalue weighted by Gasteiger charge is 2.42. The van der Waals surface area contributed by atoms with Crippen LogP contribution in [0.25, 0.3) is 0 Å². The number of hydrogen-bond donors (Lipinski definition) is 1. The molecule has 4 heterocycles. The number of benzene rings is 1. The molecule has 2 atom stereocenters. The first kappa shape index (κ1) is 19.5. The van der Waals surface area contributed by atoms with Gasteiger partial charge in [0.15, 0.2) is 0 Å². The van der Waals surface area contributed by atoms with Crippen molar-refractivity contribution in [2.24, 2.45) is 17.3 Å². The van der Waals surface area contributed by atoms with Crippen LogP contribution in [0.4, 0.5) is 10.5 Å². The van der Waals surface area contributed by atoms with E-state index in [1.807, 2.05) is 6.07 Å². The number of carboxylic acid groups (broad SMARTS) is 1. The van der Waals surface area contributed by atoms with Crippen molar-refractivity contribution in [2.45, 2.75) is 25.8 Å². The highest BCUT2D eigenvalue weighted by molar-refractivity contribution is 6.30. The molecule has 7 heteroatoms. The first-order valence-electron chi connectivity index (χ1n) is 10.8. The summed E-state index contributed by atoms with van der Waals surface area (Å²) in [6.45, 7) is 8.21. The van der Waals surface area contributed by atoms with E-state index in [0.29, 0.717) is 30.3 Å². The van der Waals surface area contributed by atoms with Gasteiger partial charge in [0.05, 0.1) is 0 Å². The van der Waals surface area contributed by atoms with Crippen LogP contribution in [0.1, 0.15) is 24.8 Å². The van der Waals surface area contributed by atoms with Gasteiger partial charge in [0, 0.05) is 69.7 Å². The van der Waals surface area contributed by atoms with Crippen LogP contribution in [0, 0.1) is 17.3 Å². The smallest absolute Gasteiger partial charge is 0.407 e. The summed E-state index contributed by atoms with van der Waals surface area (Å²) in [5.74, 6) is 0.943. The van der Waals surface area contributed by atoms with Crippen LogP contribution in [0.15, 0.2) is 18.2 Å². The fourth-order valence-electron chi connectivity index (χ4n) is 5.93. The molecule has 0 radical (unpaired) electrons. The Morgan fingerprint density at radius 3 is 2.55 bits per heavy atom. The Morgan fingerprint density at radius 2 is 1.86 bits per heavy atom. The number of amides is 1. The number of halogens is 1. The molecule has 4 fully saturated rings. The van der Waals surface area contributed by atoms with Gasteiger partial charge in [-0.15, -0.1) is 0 Å². The molecule has 4 aliphatic rings. The monoisotopic (exact) mass is 419 g/mol. The first-order valence-corrected chi connectivity index (χ1v) is 11.2. The number of carbonyl (C=O) groups is 1. The van der Waals surface area contributed by atoms with Crippen LogP contribution in [0.2, 0.25) is 5.02 Å². The van der Waals surface area contributed by atoms with Crippen LogP contribution in [-0.2, 0) is 11.3 Å². The number of nitrogens with zero attached hydrogens (tertiary/aromatic N) is 3. The minimum Gasteiger partial charge on any atom is -0.465 e. The van der Waals surface area contributed by atoms with E-state index in [4.69, 9.17) is 16.3 Å². The van der Waals surface area contributed by atoms with Gasteiger partial charge < -0.3 is 19.6 Å². The van der Waals surface area contributed by atoms with E-state index in [1.165, 1.54) is 17.7 Å². The molecule has 1 spiro atoms. The van der Waals surface area contributed by atoms with Crippen molar-refractivity contribution >= 4 is 23.4 Å². The van der Waals surface area contributed by atoms with Gasteiger partial charge in [0.1, 0.15) is 0 Å². The SMILES string of the molecule is O=C(O)N1CC2CN(Cc3ccc(Cl)cc3N3CCC4(CCOCC4)C3)CC2C1. The van der Waals surface area contributed by atoms with Gasteiger partial charge in [-0.1, -0.05) is 17.7 Å². The summed E-state index contributed by atoms with van der Waals surface area (Å²) in [4.78, 5) is 17.9.